The molecule has 12 nitrogen and oxygen atoms in total. The fourth-order valence-electron chi connectivity index (χ4n) is 4.00. The van der Waals surface area contributed by atoms with E-state index in [4.69, 9.17) is 18.5 Å². The lowest BCUT2D eigenvalue weighted by Crippen LogP contribution is -2.37. The van der Waals surface area contributed by atoms with Gasteiger partial charge in [-0.3, -0.25) is 18.9 Å². The maximum Gasteiger partial charge on any atom is 0.351 e. The molecule has 4 atom stereocenters. The summed E-state index contributed by atoms with van der Waals surface area (Å²) < 4.78 is 38.2. The minimum absolute atomic E-state index is 0.0861. The average molecular weight is 471 g/mol. The molecule has 1 fully saturated rings. The number of hydrogen-bond acceptors (Lipinski definition) is 9. The molecule has 32 heavy (non-hydrogen) atoms. The summed E-state index contributed by atoms with van der Waals surface area (Å²) in [5.41, 5.74) is -0.581. The maximum atomic E-state index is 12.8. The number of H-pyrrole nitrogens is 1. The molecule has 0 aliphatic carbocycles. The van der Waals surface area contributed by atoms with Gasteiger partial charge in [0.25, 0.3) is 5.56 Å². The maximum absolute atomic E-state index is 12.8. The molecule has 1 N–H and O–H groups in total. The fraction of sp³-hybridized carbons (Fsp3) is 0.684. The van der Waals surface area contributed by atoms with Crippen molar-refractivity contribution in [1.82, 2.24) is 24.5 Å². The standard InChI is InChI=1S/C19H30N5O7P/c1-6-29-32(27,30-7-2)11-23-10-13(21-22-23)16-15(12(3)4)17(28-5)18(31-16)24-9-8-14(25)20-19(24)26/h8-10,12,15-18H,6-7,11H2,1-5H3,(H,20,25,26)/t15?,16-,17?,18-/m1/s1. The monoisotopic (exact) mass is 471 g/mol. The van der Waals surface area contributed by atoms with Gasteiger partial charge in [-0.15, -0.1) is 5.10 Å². The van der Waals surface area contributed by atoms with Gasteiger partial charge in [-0.1, -0.05) is 19.1 Å². The zero-order chi connectivity index (χ0) is 23.5. The highest BCUT2D eigenvalue weighted by Crippen LogP contribution is 2.50. The van der Waals surface area contributed by atoms with Gasteiger partial charge in [0.2, 0.25) is 0 Å². The minimum atomic E-state index is -3.37. The van der Waals surface area contributed by atoms with E-state index in [2.05, 4.69) is 15.3 Å². The Morgan fingerprint density at radius 2 is 1.94 bits per heavy atom. The largest absolute Gasteiger partial charge is 0.376 e. The molecule has 1 aliphatic heterocycles. The van der Waals surface area contributed by atoms with E-state index in [1.54, 1.807) is 27.2 Å². The van der Waals surface area contributed by atoms with Crippen LogP contribution < -0.4 is 11.2 Å². The van der Waals surface area contributed by atoms with Gasteiger partial charge in [0.15, 0.2) is 6.23 Å². The Kier molecular flexibility index (Phi) is 7.84. The molecule has 178 valence electrons. The van der Waals surface area contributed by atoms with Gasteiger partial charge < -0.3 is 18.5 Å². The molecule has 0 amide bonds. The van der Waals surface area contributed by atoms with Crippen molar-refractivity contribution in [3.05, 3.63) is 45.0 Å². The fourth-order valence-corrected chi connectivity index (χ4v) is 5.52. The van der Waals surface area contributed by atoms with Crippen molar-refractivity contribution in [3.8, 4) is 0 Å². The van der Waals surface area contributed by atoms with Crippen molar-refractivity contribution in [2.45, 2.75) is 52.4 Å². The third-order valence-electron chi connectivity index (χ3n) is 5.28. The summed E-state index contributed by atoms with van der Waals surface area (Å²) in [6.45, 7) is 8.00. The third kappa shape index (κ3) is 5.10. The summed E-state index contributed by atoms with van der Waals surface area (Å²) in [6.07, 6.45) is 1.13. The van der Waals surface area contributed by atoms with Crippen LogP contribution in [0.15, 0.2) is 28.0 Å². The van der Waals surface area contributed by atoms with Crippen molar-refractivity contribution in [2.75, 3.05) is 20.3 Å². The van der Waals surface area contributed by atoms with E-state index < -0.39 is 37.3 Å². The van der Waals surface area contributed by atoms with Crippen LogP contribution in [0.3, 0.4) is 0 Å². The Morgan fingerprint density at radius 1 is 1.25 bits per heavy atom. The van der Waals surface area contributed by atoms with Gasteiger partial charge in [-0.25, -0.2) is 9.48 Å². The number of aromatic nitrogens is 5. The lowest BCUT2D eigenvalue weighted by Gasteiger charge is -2.25. The van der Waals surface area contributed by atoms with E-state index in [-0.39, 0.29) is 31.3 Å². The smallest absolute Gasteiger partial charge is 0.351 e. The lowest BCUT2D eigenvalue weighted by atomic mass is 9.85. The van der Waals surface area contributed by atoms with Crippen molar-refractivity contribution in [2.24, 2.45) is 11.8 Å². The molecule has 13 heteroatoms. The molecule has 0 saturated carbocycles. The second-order valence-corrected chi connectivity index (χ2v) is 9.78. The minimum Gasteiger partial charge on any atom is -0.376 e. The summed E-state index contributed by atoms with van der Waals surface area (Å²) in [7, 11) is -1.82. The SMILES string of the molecule is CCOP(=O)(Cn1cc([C@H]2O[C@@H](n3ccc(=O)[nH]c3=O)C(OC)C2C(C)C)nn1)OCC. The zero-order valence-electron chi connectivity index (χ0n) is 18.8. The van der Waals surface area contributed by atoms with E-state index in [1.165, 1.54) is 21.5 Å². The zero-order valence-corrected chi connectivity index (χ0v) is 19.7. The Labute approximate surface area is 185 Å². The Bertz CT molecular complexity index is 1050. The van der Waals surface area contributed by atoms with Crippen LogP contribution in [0.25, 0.3) is 0 Å². The first-order chi connectivity index (χ1) is 15.2. The first kappa shape index (κ1) is 24.5. The number of aromatic amines is 1. The van der Waals surface area contributed by atoms with Gasteiger partial charge in [0, 0.05) is 25.3 Å². The molecule has 0 spiro atoms. The highest BCUT2D eigenvalue weighted by Gasteiger charge is 2.49. The summed E-state index contributed by atoms with van der Waals surface area (Å²) >= 11 is 0. The van der Waals surface area contributed by atoms with E-state index >= 15 is 0 Å². The number of nitrogens with zero attached hydrogens (tertiary/aromatic N) is 4. The predicted octanol–water partition coefficient (Wildman–Crippen LogP) is 1.91. The van der Waals surface area contributed by atoms with Crippen LogP contribution in [-0.2, 0) is 29.4 Å². The number of rotatable bonds is 10. The van der Waals surface area contributed by atoms with Gasteiger partial charge in [-0.05, 0) is 19.8 Å². The van der Waals surface area contributed by atoms with Crippen molar-refractivity contribution in [1.29, 1.82) is 0 Å². The molecule has 3 rings (SSSR count). The quantitative estimate of drug-likeness (QED) is 0.515. The van der Waals surface area contributed by atoms with Crippen LogP contribution in [0.1, 0.15) is 45.7 Å². The summed E-state index contributed by atoms with van der Waals surface area (Å²) in [4.78, 5) is 26.1. The van der Waals surface area contributed by atoms with E-state index in [0.717, 1.165) is 0 Å². The molecule has 2 aromatic heterocycles. The van der Waals surface area contributed by atoms with E-state index in [0.29, 0.717) is 5.69 Å². The Hall–Kier alpha value is -2.11. The lowest BCUT2D eigenvalue weighted by molar-refractivity contribution is -0.0544. The topological polar surface area (TPSA) is 140 Å². The van der Waals surface area contributed by atoms with Crippen molar-refractivity contribution >= 4 is 7.60 Å². The van der Waals surface area contributed by atoms with Crippen molar-refractivity contribution < 1.29 is 23.1 Å². The van der Waals surface area contributed by atoms with Crippen LogP contribution in [0.4, 0.5) is 0 Å². The first-order valence-electron chi connectivity index (χ1n) is 10.5. The Balaban J connectivity index is 1.92. The molecular weight excluding hydrogens is 441 g/mol. The number of methoxy groups -OCH3 is 1. The number of nitrogens with one attached hydrogen (secondary N) is 1. The van der Waals surface area contributed by atoms with Crippen LogP contribution in [0.2, 0.25) is 0 Å². The number of ether oxygens (including phenoxy) is 2. The first-order valence-corrected chi connectivity index (χ1v) is 12.2. The normalized spacial score (nSPS) is 23.8. The second-order valence-electron chi connectivity index (χ2n) is 7.76. The molecule has 0 bridgehead atoms. The summed E-state index contributed by atoms with van der Waals surface area (Å²) in [5, 5.41) is 8.30. The van der Waals surface area contributed by atoms with Gasteiger partial charge in [0.1, 0.15) is 24.2 Å². The molecule has 0 radical (unpaired) electrons. The van der Waals surface area contributed by atoms with Gasteiger partial charge >= 0.3 is 13.3 Å². The number of hydrogen-bond donors (Lipinski definition) is 1. The summed E-state index contributed by atoms with van der Waals surface area (Å²) in [5.74, 6) is -0.0592. The molecule has 2 unspecified atom stereocenters. The van der Waals surface area contributed by atoms with Gasteiger partial charge in [-0.2, -0.15) is 0 Å². The molecule has 1 saturated heterocycles. The molecule has 0 aromatic carbocycles. The highest BCUT2D eigenvalue weighted by molar-refractivity contribution is 7.52. The second kappa shape index (κ2) is 10.2. The van der Waals surface area contributed by atoms with E-state index in [9.17, 15) is 14.2 Å². The van der Waals surface area contributed by atoms with Gasteiger partial charge in [0.05, 0.1) is 19.4 Å². The average Bonchev–Trinajstić information content (AvgIpc) is 3.32. The Morgan fingerprint density at radius 3 is 2.50 bits per heavy atom. The summed E-state index contributed by atoms with van der Waals surface area (Å²) in [6, 6.07) is 1.25. The third-order valence-corrected chi connectivity index (χ3v) is 7.22. The van der Waals surface area contributed by atoms with E-state index in [1.807, 2.05) is 13.8 Å². The van der Waals surface area contributed by atoms with Crippen LogP contribution in [0, 0.1) is 11.8 Å². The molecular formula is C19H30N5O7P. The molecule has 3 heterocycles. The highest BCUT2D eigenvalue weighted by atomic mass is 31.2. The van der Waals surface area contributed by atoms with Crippen LogP contribution in [0.5, 0.6) is 0 Å². The van der Waals surface area contributed by atoms with Crippen LogP contribution >= 0.6 is 7.60 Å². The molecule has 2 aromatic rings. The van der Waals surface area contributed by atoms with Crippen LogP contribution in [-0.4, -0.2) is 51.0 Å². The predicted molar refractivity (Wildman–Crippen MR) is 114 cm³/mol. The molecule has 1 aliphatic rings. The van der Waals surface area contributed by atoms with Crippen molar-refractivity contribution in [3.63, 3.8) is 0 Å².